The summed E-state index contributed by atoms with van der Waals surface area (Å²) >= 11 is 0. The van der Waals surface area contributed by atoms with Crippen LogP contribution >= 0.6 is 0 Å². The molecule has 4 aromatic rings. The summed E-state index contributed by atoms with van der Waals surface area (Å²) in [5, 5.41) is 8.25. The van der Waals surface area contributed by atoms with Crippen LogP contribution in [-0.2, 0) is 6.42 Å². The number of hydrogen-bond acceptors (Lipinski definition) is 5. The second-order valence-corrected chi connectivity index (χ2v) is 7.40. The summed E-state index contributed by atoms with van der Waals surface area (Å²) in [5.41, 5.74) is 5.27. The molecule has 0 aliphatic carbocycles. The molecule has 158 valence electrons. The summed E-state index contributed by atoms with van der Waals surface area (Å²) in [4.78, 5) is 9.22. The number of anilines is 1. The highest BCUT2D eigenvalue weighted by molar-refractivity contribution is 5.93. The van der Waals surface area contributed by atoms with Gasteiger partial charge < -0.3 is 15.4 Å². The third kappa shape index (κ3) is 5.58. The van der Waals surface area contributed by atoms with Gasteiger partial charge in [-0.25, -0.2) is 4.98 Å². The van der Waals surface area contributed by atoms with Gasteiger partial charge in [0.05, 0.1) is 18.3 Å². The van der Waals surface area contributed by atoms with E-state index in [0.29, 0.717) is 0 Å². The Morgan fingerprint density at radius 1 is 0.871 bits per heavy atom. The number of benzene rings is 2. The zero-order valence-electron chi connectivity index (χ0n) is 17.8. The Balaban J connectivity index is 1.36. The fraction of sp³-hybridized carbons (Fsp3) is 0.231. The van der Waals surface area contributed by atoms with Crippen molar-refractivity contribution in [3.63, 3.8) is 0 Å². The number of para-hydroxylation sites is 1. The highest BCUT2D eigenvalue weighted by Gasteiger charge is 2.07. The Morgan fingerprint density at radius 3 is 2.52 bits per heavy atom. The normalized spacial score (nSPS) is 10.9. The molecule has 0 atom stereocenters. The molecule has 31 heavy (non-hydrogen) atoms. The largest absolute Gasteiger partial charge is 0.497 e. The minimum atomic E-state index is 0.846. The highest BCUT2D eigenvalue weighted by Crippen LogP contribution is 2.29. The average molecular weight is 413 g/mol. The van der Waals surface area contributed by atoms with Crippen LogP contribution in [0.4, 0.5) is 5.69 Å². The van der Waals surface area contributed by atoms with Gasteiger partial charge in [0.1, 0.15) is 5.75 Å². The first-order valence-electron chi connectivity index (χ1n) is 10.7. The number of nitrogens with one attached hydrogen (secondary N) is 2. The van der Waals surface area contributed by atoms with Crippen molar-refractivity contribution in [3.8, 4) is 17.0 Å². The monoisotopic (exact) mass is 412 g/mol. The lowest BCUT2D eigenvalue weighted by Gasteiger charge is -2.13. The lowest BCUT2D eigenvalue weighted by atomic mass is 10.1. The van der Waals surface area contributed by atoms with Gasteiger partial charge >= 0.3 is 0 Å². The Bertz CT molecular complexity index is 1100. The van der Waals surface area contributed by atoms with Gasteiger partial charge in [0.15, 0.2) is 0 Å². The average Bonchev–Trinajstić information content (AvgIpc) is 2.84. The molecule has 2 N–H and O–H groups in total. The van der Waals surface area contributed by atoms with Gasteiger partial charge in [-0.05, 0) is 61.5 Å². The molecule has 5 nitrogen and oxygen atoms in total. The number of aromatic nitrogens is 2. The number of methoxy groups -OCH3 is 1. The zero-order valence-corrected chi connectivity index (χ0v) is 17.8. The van der Waals surface area contributed by atoms with E-state index in [4.69, 9.17) is 9.72 Å². The number of rotatable bonds is 10. The number of fused-ring (bicyclic) bond motifs is 1. The van der Waals surface area contributed by atoms with Gasteiger partial charge in [-0.1, -0.05) is 24.3 Å². The minimum absolute atomic E-state index is 0.846. The Hall–Kier alpha value is -3.44. The number of ether oxygens (including phenoxy) is 1. The molecule has 0 radical (unpaired) electrons. The molecule has 0 unspecified atom stereocenters. The fourth-order valence-corrected chi connectivity index (χ4v) is 3.56. The van der Waals surface area contributed by atoms with Crippen LogP contribution in [0.25, 0.3) is 22.2 Å². The van der Waals surface area contributed by atoms with E-state index >= 15 is 0 Å². The van der Waals surface area contributed by atoms with E-state index in [2.05, 4.69) is 45.9 Å². The van der Waals surface area contributed by atoms with Crippen molar-refractivity contribution in [2.24, 2.45) is 0 Å². The van der Waals surface area contributed by atoms with Crippen LogP contribution in [0.2, 0.25) is 0 Å². The molecule has 0 aliphatic rings. The second-order valence-electron chi connectivity index (χ2n) is 7.40. The van der Waals surface area contributed by atoms with E-state index < -0.39 is 0 Å². The van der Waals surface area contributed by atoms with Crippen LogP contribution in [0.1, 0.15) is 12.1 Å². The highest BCUT2D eigenvalue weighted by atomic mass is 16.5. The Labute approximate surface area is 183 Å². The summed E-state index contributed by atoms with van der Waals surface area (Å²) in [6.07, 6.45) is 3.84. The van der Waals surface area contributed by atoms with Gasteiger partial charge in [0.2, 0.25) is 0 Å². The molecule has 0 bridgehead atoms. The molecule has 0 saturated heterocycles. The topological polar surface area (TPSA) is 59.1 Å². The van der Waals surface area contributed by atoms with E-state index in [1.165, 1.54) is 0 Å². The third-order valence-electron chi connectivity index (χ3n) is 5.23. The summed E-state index contributed by atoms with van der Waals surface area (Å²) in [5.74, 6) is 0.846. The van der Waals surface area contributed by atoms with Crippen LogP contribution in [0, 0.1) is 0 Å². The maximum absolute atomic E-state index is 5.28. The first kappa shape index (κ1) is 20.8. The van der Waals surface area contributed by atoms with E-state index in [1.807, 2.05) is 48.7 Å². The molecule has 2 aromatic carbocycles. The van der Waals surface area contributed by atoms with Crippen molar-refractivity contribution in [1.82, 2.24) is 15.3 Å². The molecule has 0 amide bonds. The SMILES string of the molecule is COc1ccc(-c2cc(NCCCNCCc3ccccn3)c3ccccc3n2)cc1. The number of nitrogens with zero attached hydrogens (tertiary/aromatic N) is 2. The molecule has 0 spiro atoms. The first-order valence-corrected chi connectivity index (χ1v) is 10.7. The van der Waals surface area contributed by atoms with Crippen molar-refractivity contribution >= 4 is 16.6 Å². The standard InChI is InChI=1S/C26H28N4O/c1-31-22-12-10-20(11-13-22)25-19-26(23-8-2-3-9-24(23)30-25)29-17-6-15-27-18-14-21-7-4-5-16-28-21/h2-5,7-13,16,19,27H,6,14-15,17-18H2,1H3,(H,29,30). The van der Waals surface area contributed by atoms with Gasteiger partial charge in [-0.2, -0.15) is 0 Å². The third-order valence-corrected chi connectivity index (χ3v) is 5.23. The Morgan fingerprint density at radius 2 is 1.71 bits per heavy atom. The maximum atomic E-state index is 5.28. The summed E-state index contributed by atoms with van der Waals surface area (Å²) < 4.78 is 5.28. The quantitative estimate of drug-likeness (QED) is 0.361. The maximum Gasteiger partial charge on any atom is 0.118 e. The van der Waals surface area contributed by atoms with Crippen LogP contribution in [-0.4, -0.2) is 36.7 Å². The predicted molar refractivity (Wildman–Crippen MR) is 128 cm³/mol. The first-order chi connectivity index (χ1) is 15.3. The van der Waals surface area contributed by atoms with Crippen LogP contribution < -0.4 is 15.4 Å². The van der Waals surface area contributed by atoms with Crippen molar-refractivity contribution in [3.05, 3.63) is 84.7 Å². The molecule has 5 heteroatoms. The van der Waals surface area contributed by atoms with E-state index in [1.54, 1.807) is 7.11 Å². The van der Waals surface area contributed by atoms with Crippen LogP contribution in [0.5, 0.6) is 5.75 Å². The molecule has 2 heterocycles. The van der Waals surface area contributed by atoms with E-state index in [9.17, 15) is 0 Å². The van der Waals surface area contributed by atoms with Gasteiger partial charge in [-0.3, -0.25) is 4.98 Å². The summed E-state index contributed by atoms with van der Waals surface area (Å²) in [6.45, 7) is 2.80. The van der Waals surface area contributed by atoms with Crippen molar-refractivity contribution in [2.75, 3.05) is 32.1 Å². The number of hydrogen-bond donors (Lipinski definition) is 2. The molecule has 0 aliphatic heterocycles. The predicted octanol–water partition coefficient (Wildman–Crippen LogP) is 4.94. The van der Waals surface area contributed by atoms with Crippen LogP contribution in [0.15, 0.2) is 79.0 Å². The summed E-state index contributed by atoms with van der Waals surface area (Å²) in [6, 6.07) is 24.5. The minimum Gasteiger partial charge on any atom is -0.497 e. The second kappa shape index (κ2) is 10.5. The van der Waals surface area contributed by atoms with E-state index in [0.717, 1.165) is 71.8 Å². The molecule has 0 saturated carbocycles. The smallest absolute Gasteiger partial charge is 0.118 e. The molecule has 0 fully saturated rings. The van der Waals surface area contributed by atoms with E-state index in [-0.39, 0.29) is 0 Å². The molecular formula is C26H28N4O. The molecule has 2 aromatic heterocycles. The van der Waals surface area contributed by atoms with Gasteiger partial charge in [0.25, 0.3) is 0 Å². The zero-order chi connectivity index (χ0) is 21.3. The lowest BCUT2D eigenvalue weighted by molar-refractivity contribution is 0.415. The van der Waals surface area contributed by atoms with Gasteiger partial charge in [0, 0.05) is 48.0 Å². The molecular weight excluding hydrogens is 384 g/mol. The van der Waals surface area contributed by atoms with Gasteiger partial charge in [-0.15, -0.1) is 0 Å². The van der Waals surface area contributed by atoms with Crippen molar-refractivity contribution < 1.29 is 4.74 Å². The number of pyridine rings is 2. The Kier molecular flexibility index (Phi) is 7.08. The van der Waals surface area contributed by atoms with Crippen molar-refractivity contribution in [2.45, 2.75) is 12.8 Å². The molecule has 4 rings (SSSR count). The summed E-state index contributed by atoms with van der Waals surface area (Å²) in [7, 11) is 1.68. The van der Waals surface area contributed by atoms with Crippen molar-refractivity contribution in [1.29, 1.82) is 0 Å². The lowest BCUT2D eigenvalue weighted by Crippen LogP contribution is -2.21. The van der Waals surface area contributed by atoms with Crippen LogP contribution in [0.3, 0.4) is 0 Å². The fourth-order valence-electron chi connectivity index (χ4n) is 3.56.